The van der Waals surface area contributed by atoms with Crippen LogP contribution in [0.2, 0.25) is 0 Å². The second-order valence-corrected chi connectivity index (χ2v) is 6.73. The molecule has 2 aromatic carbocycles. The van der Waals surface area contributed by atoms with Gasteiger partial charge in [0.2, 0.25) is 5.75 Å². The minimum Gasteiger partial charge on any atom is -0.493 e. The second-order valence-electron chi connectivity index (χ2n) is 6.73. The predicted molar refractivity (Wildman–Crippen MR) is 123 cm³/mol. The molecule has 1 saturated heterocycles. The van der Waals surface area contributed by atoms with Crippen molar-refractivity contribution in [3.63, 3.8) is 0 Å². The third-order valence-corrected chi connectivity index (χ3v) is 4.92. The highest BCUT2D eigenvalue weighted by molar-refractivity contribution is 5.95. The number of hydrogen-bond acceptors (Lipinski definition) is 6. The molecular weight excluding hydrogens is 429 g/mol. The molecule has 9 heteroatoms. The normalized spacial score (nSPS) is 13.6. The number of amides is 1. The maximum Gasteiger partial charge on any atom is 0.254 e. The first-order valence-electron chi connectivity index (χ1n) is 9.21. The number of nitrogens with two attached hydrogens (primary N) is 1. The number of carbonyl (C=O) groups excluding carboxylic acids is 1. The van der Waals surface area contributed by atoms with Crippen LogP contribution in [0.25, 0.3) is 0 Å². The summed E-state index contributed by atoms with van der Waals surface area (Å²) in [7, 11) is 4.82. The molecule has 0 spiro atoms. The first-order chi connectivity index (χ1) is 13.5. The quantitative estimate of drug-likeness (QED) is 0.671. The van der Waals surface area contributed by atoms with Crippen molar-refractivity contribution in [2.24, 2.45) is 0 Å². The van der Waals surface area contributed by atoms with Crippen LogP contribution in [-0.4, -0.2) is 63.2 Å². The first kappa shape index (κ1) is 25.7. The average molecular weight is 458 g/mol. The number of piperazine rings is 1. The molecule has 1 amide bonds. The smallest absolute Gasteiger partial charge is 0.254 e. The van der Waals surface area contributed by atoms with Gasteiger partial charge in [0.15, 0.2) is 11.5 Å². The Morgan fingerprint density at radius 3 is 2.03 bits per heavy atom. The summed E-state index contributed by atoms with van der Waals surface area (Å²) in [6, 6.07) is 11.1. The average Bonchev–Trinajstić information content (AvgIpc) is 2.73. The Morgan fingerprint density at radius 1 is 0.933 bits per heavy atom. The number of hydrogen-bond donors (Lipinski definition) is 1. The van der Waals surface area contributed by atoms with E-state index in [1.165, 1.54) is 0 Å². The first-order valence-corrected chi connectivity index (χ1v) is 9.21. The van der Waals surface area contributed by atoms with Gasteiger partial charge in [-0.2, -0.15) is 0 Å². The topological polar surface area (TPSA) is 77.3 Å². The number of benzene rings is 2. The van der Waals surface area contributed by atoms with Crippen molar-refractivity contribution in [3.05, 3.63) is 47.5 Å². The van der Waals surface area contributed by atoms with E-state index in [2.05, 4.69) is 4.90 Å². The number of ether oxygens (including phenoxy) is 3. The predicted octanol–water partition coefficient (Wildman–Crippen LogP) is 3.10. The largest absolute Gasteiger partial charge is 0.493 e. The molecule has 30 heavy (non-hydrogen) atoms. The molecule has 0 unspecified atom stereocenters. The Morgan fingerprint density at radius 2 is 1.53 bits per heavy atom. The van der Waals surface area contributed by atoms with Gasteiger partial charge in [0.25, 0.3) is 5.91 Å². The van der Waals surface area contributed by atoms with Gasteiger partial charge in [-0.3, -0.25) is 9.69 Å². The van der Waals surface area contributed by atoms with Crippen molar-refractivity contribution in [3.8, 4) is 17.2 Å². The number of anilines is 1. The zero-order chi connectivity index (χ0) is 20.1. The van der Waals surface area contributed by atoms with E-state index >= 15 is 0 Å². The van der Waals surface area contributed by atoms with Crippen LogP contribution < -0.4 is 19.9 Å². The van der Waals surface area contributed by atoms with Crippen molar-refractivity contribution in [1.29, 1.82) is 0 Å². The third-order valence-electron chi connectivity index (χ3n) is 4.92. The van der Waals surface area contributed by atoms with Crippen molar-refractivity contribution in [2.75, 3.05) is 53.2 Å². The fourth-order valence-electron chi connectivity index (χ4n) is 3.45. The van der Waals surface area contributed by atoms with Crippen LogP contribution in [0.4, 0.5) is 5.69 Å². The van der Waals surface area contributed by atoms with Gasteiger partial charge in [0.1, 0.15) is 0 Å². The molecule has 166 valence electrons. The number of nitrogens with zero attached hydrogens (tertiary/aromatic N) is 2. The Bertz CT molecular complexity index is 818. The Hall–Kier alpha value is -2.35. The minimum atomic E-state index is 0. The minimum absolute atomic E-state index is 0. The van der Waals surface area contributed by atoms with Gasteiger partial charge in [-0.15, -0.1) is 24.8 Å². The molecule has 1 fully saturated rings. The molecule has 0 aliphatic carbocycles. The standard InChI is InChI=1S/C21H27N3O4.2ClH/c1-26-18-11-15(12-19(27-2)20(18)28-3)14-23-7-9-24(10-8-23)21(25)16-5-4-6-17(22)13-16;;/h4-6,11-13H,7-10,14,22H2,1-3H3;2*1H. The molecule has 1 aliphatic heterocycles. The van der Waals surface area contributed by atoms with Crippen LogP contribution in [0.15, 0.2) is 36.4 Å². The van der Waals surface area contributed by atoms with Crippen molar-refractivity contribution in [1.82, 2.24) is 9.80 Å². The maximum absolute atomic E-state index is 12.7. The van der Waals surface area contributed by atoms with Gasteiger partial charge < -0.3 is 24.8 Å². The summed E-state index contributed by atoms with van der Waals surface area (Å²) in [4.78, 5) is 16.8. The van der Waals surface area contributed by atoms with E-state index < -0.39 is 0 Å². The molecule has 0 atom stereocenters. The number of nitrogen functional groups attached to an aromatic ring is 1. The summed E-state index contributed by atoms with van der Waals surface area (Å²) in [5.74, 6) is 1.91. The van der Waals surface area contributed by atoms with E-state index in [4.69, 9.17) is 19.9 Å². The fraction of sp³-hybridized carbons (Fsp3) is 0.381. The van der Waals surface area contributed by atoms with Crippen LogP contribution in [0.1, 0.15) is 15.9 Å². The van der Waals surface area contributed by atoms with E-state index in [1.807, 2.05) is 23.1 Å². The van der Waals surface area contributed by atoms with Gasteiger partial charge in [0, 0.05) is 44.0 Å². The zero-order valence-corrected chi connectivity index (χ0v) is 19.1. The summed E-state index contributed by atoms with van der Waals surface area (Å²) in [6.45, 7) is 3.70. The summed E-state index contributed by atoms with van der Waals surface area (Å²) in [5.41, 5.74) is 8.11. The molecule has 1 aliphatic rings. The Kier molecular flexibility index (Phi) is 10.0. The Labute approximate surface area is 189 Å². The maximum atomic E-state index is 12.7. The molecule has 0 radical (unpaired) electrons. The molecule has 0 saturated carbocycles. The van der Waals surface area contributed by atoms with Crippen molar-refractivity contribution < 1.29 is 19.0 Å². The fourth-order valence-corrected chi connectivity index (χ4v) is 3.45. The van der Waals surface area contributed by atoms with E-state index in [1.54, 1.807) is 39.5 Å². The van der Waals surface area contributed by atoms with Crippen LogP contribution in [-0.2, 0) is 6.54 Å². The van der Waals surface area contributed by atoms with Crippen LogP contribution in [0.5, 0.6) is 17.2 Å². The Balaban J connectivity index is 0.00000225. The molecule has 1 heterocycles. The summed E-state index contributed by atoms with van der Waals surface area (Å²) in [6.07, 6.45) is 0. The lowest BCUT2D eigenvalue weighted by atomic mass is 10.1. The summed E-state index contributed by atoms with van der Waals surface area (Å²) in [5, 5.41) is 0. The number of rotatable bonds is 6. The lowest BCUT2D eigenvalue weighted by Gasteiger charge is -2.35. The number of halogens is 2. The van der Waals surface area contributed by atoms with E-state index in [9.17, 15) is 4.79 Å². The van der Waals surface area contributed by atoms with E-state index in [-0.39, 0.29) is 30.7 Å². The highest BCUT2D eigenvalue weighted by atomic mass is 35.5. The van der Waals surface area contributed by atoms with Crippen molar-refractivity contribution >= 4 is 36.4 Å². The van der Waals surface area contributed by atoms with Crippen LogP contribution in [0.3, 0.4) is 0 Å². The zero-order valence-electron chi connectivity index (χ0n) is 17.4. The highest BCUT2D eigenvalue weighted by Crippen LogP contribution is 2.38. The third kappa shape index (κ3) is 5.84. The SMILES string of the molecule is COc1cc(CN2CCN(C(=O)c3cccc(N)c3)CC2)cc(OC)c1OC.Cl.Cl. The number of carbonyl (C=O) groups is 1. The molecular formula is C21H29Cl2N3O4. The van der Waals surface area contributed by atoms with Crippen LogP contribution >= 0.6 is 24.8 Å². The molecule has 2 aromatic rings. The summed E-state index contributed by atoms with van der Waals surface area (Å²) >= 11 is 0. The van der Waals surface area contributed by atoms with Crippen LogP contribution in [0, 0.1) is 0 Å². The molecule has 0 bridgehead atoms. The summed E-state index contributed by atoms with van der Waals surface area (Å²) < 4.78 is 16.2. The van der Waals surface area contributed by atoms with Crippen molar-refractivity contribution in [2.45, 2.75) is 6.54 Å². The molecule has 3 rings (SSSR count). The monoisotopic (exact) mass is 457 g/mol. The van der Waals surface area contributed by atoms with Gasteiger partial charge in [-0.1, -0.05) is 6.07 Å². The van der Waals surface area contributed by atoms with E-state index in [0.717, 1.165) is 25.2 Å². The lowest BCUT2D eigenvalue weighted by molar-refractivity contribution is 0.0628. The van der Waals surface area contributed by atoms with Gasteiger partial charge in [0.05, 0.1) is 21.3 Å². The molecule has 0 aromatic heterocycles. The molecule has 7 nitrogen and oxygen atoms in total. The molecule has 2 N–H and O–H groups in total. The number of methoxy groups -OCH3 is 3. The van der Waals surface area contributed by atoms with Gasteiger partial charge >= 0.3 is 0 Å². The lowest BCUT2D eigenvalue weighted by Crippen LogP contribution is -2.48. The van der Waals surface area contributed by atoms with Gasteiger partial charge in [-0.05, 0) is 35.9 Å². The van der Waals surface area contributed by atoms with Gasteiger partial charge in [-0.25, -0.2) is 0 Å². The van der Waals surface area contributed by atoms with E-state index in [0.29, 0.717) is 41.6 Å². The highest BCUT2D eigenvalue weighted by Gasteiger charge is 2.23. The second kappa shape index (κ2) is 11.7.